The van der Waals surface area contributed by atoms with Crippen LogP contribution < -0.4 is 10.1 Å². The third kappa shape index (κ3) is 5.38. The van der Waals surface area contributed by atoms with Crippen molar-refractivity contribution in [3.63, 3.8) is 0 Å². The molecule has 10 heteroatoms. The van der Waals surface area contributed by atoms with Crippen LogP contribution in [0.25, 0.3) is 0 Å². The highest BCUT2D eigenvalue weighted by Crippen LogP contribution is 2.40. The van der Waals surface area contributed by atoms with Crippen LogP contribution in [0.4, 0.5) is 10.5 Å². The number of hydrogen-bond acceptors (Lipinski definition) is 7. The van der Waals surface area contributed by atoms with Crippen molar-refractivity contribution in [2.75, 3.05) is 18.4 Å². The second-order valence-corrected chi connectivity index (χ2v) is 10.1. The number of benzene rings is 1. The van der Waals surface area contributed by atoms with Gasteiger partial charge in [-0.2, -0.15) is 5.26 Å². The zero-order valence-electron chi connectivity index (χ0n) is 19.7. The Morgan fingerprint density at radius 2 is 1.97 bits per heavy atom. The van der Waals surface area contributed by atoms with Gasteiger partial charge in [-0.1, -0.05) is 11.6 Å². The molecular weight excluding hydrogens is 472 g/mol. The fourth-order valence-electron chi connectivity index (χ4n) is 4.25. The van der Waals surface area contributed by atoms with Crippen LogP contribution in [-0.2, 0) is 4.74 Å². The number of nitriles is 1. The molecule has 2 aliphatic heterocycles. The van der Waals surface area contributed by atoms with Crippen molar-refractivity contribution >= 4 is 35.1 Å². The van der Waals surface area contributed by atoms with E-state index >= 15 is 0 Å². The lowest BCUT2D eigenvalue weighted by molar-refractivity contribution is -0.00569. The number of ketones is 1. The number of aromatic nitrogens is 1. The van der Waals surface area contributed by atoms with Gasteiger partial charge < -0.3 is 14.4 Å². The third-order valence-corrected chi connectivity index (χ3v) is 6.12. The van der Waals surface area contributed by atoms with Gasteiger partial charge in [-0.15, -0.1) is 0 Å². The summed E-state index contributed by atoms with van der Waals surface area (Å²) in [6, 6.07) is 8.26. The van der Waals surface area contributed by atoms with E-state index in [9.17, 15) is 14.4 Å². The molecule has 1 aromatic heterocycles. The first kappa shape index (κ1) is 24.5. The summed E-state index contributed by atoms with van der Waals surface area (Å²) in [4.78, 5) is 44.0. The molecule has 0 radical (unpaired) electrons. The van der Waals surface area contributed by atoms with Gasteiger partial charge in [0.15, 0.2) is 5.78 Å². The second kappa shape index (κ2) is 9.19. The van der Waals surface area contributed by atoms with Gasteiger partial charge >= 0.3 is 6.09 Å². The van der Waals surface area contributed by atoms with Crippen LogP contribution in [0.15, 0.2) is 30.5 Å². The fourth-order valence-corrected chi connectivity index (χ4v) is 4.41. The minimum Gasteiger partial charge on any atom is -0.486 e. The number of likely N-dealkylation sites (tertiary alicyclic amines) is 1. The molecule has 1 N–H and O–H groups in total. The first-order valence-electron chi connectivity index (χ1n) is 11.2. The summed E-state index contributed by atoms with van der Waals surface area (Å²) >= 11 is 6.04. The van der Waals surface area contributed by atoms with Crippen LogP contribution in [0.3, 0.4) is 0 Å². The van der Waals surface area contributed by atoms with Crippen molar-refractivity contribution in [3.8, 4) is 11.8 Å². The summed E-state index contributed by atoms with van der Waals surface area (Å²) in [5.74, 6) is 0.0640. The Morgan fingerprint density at radius 1 is 1.26 bits per heavy atom. The zero-order valence-corrected chi connectivity index (χ0v) is 20.4. The van der Waals surface area contributed by atoms with Crippen molar-refractivity contribution in [3.05, 3.63) is 52.3 Å². The van der Waals surface area contributed by atoms with Crippen LogP contribution in [0.2, 0.25) is 5.15 Å². The van der Waals surface area contributed by atoms with Crippen molar-refractivity contribution in [2.24, 2.45) is 0 Å². The van der Waals surface area contributed by atoms with Crippen LogP contribution in [0.1, 0.15) is 66.3 Å². The number of ether oxygens (including phenoxy) is 2. The SMILES string of the molecule is CC(C)(C)OC(=O)Nc1cnc(Cl)cc1C(=O)N1CCC2(CC1)CC(=O)c1cc(C#N)ccc1O2. The summed E-state index contributed by atoms with van der Waals surface area (Å²) in [7, 11) is 0. The average Bonchev–Trinajstić information content (AvgIpc) is 2.79. The number of nitrogens with zero attached hydrogens (tertiary/aromatic N) is 3. The van der Waals surface area contributed by atoms with Crippen LogP contribution in [-0.4, -0.2) is 52.0 Å². The van der Waals surface area contributed by atoms with Gasteiger partial charge in [-0.05, 0) is 45.0 Å². The van der Waals surface area contributed by atoms with Crippen LogP contribution in [0.5, 0.6) is 5.75 Å². The number of fused-ring (bicyclic) bond motifs is 1. The molecule has 0 aliphatic carbocycles. The molecule has 2 aliphatic rings. The Hall–Kier alpha value is -3.64. The Morgan fingerprint density at radius 3 is 2.63 bits per heavy atom. The summed E-state index contributed by atoms with van der Waals surface area (Å²) in [6.07, 6.45) is 1.71. The number of amides is 2. The minimum absolute atomic E-state index is 0.0760. The van der Waals surface area contributed by atoms with Crippen molar-refractivity contribution in [2.45, 2.75) is 51.2 Å². The van der Waals surface area contributed by atoms with Crippen LogP contribution >= 0.6 is 11.6 Å². The molecule has 1 saturated heterocycles. The molecule has 9 nitrogen and oxygen atoms in total. The number of hydrogen-bond donors (Lipinski definition) is 1. The maximum atomic E-state index is 13.4. The number of pyridine rings is 1. The number of carbonyl (C=O) groups is 3. The van der Waals surface area contributed by atoms with Crippen molar-refractivity contribution in [1.29, 1.82) is 5.26 Å². The average molecular weight is 497 g/mol. The highest BCUT2D eigenvalue weighted by atomic mass is 35.5. The molecule has 1 fully saturated rings. The van der Waals surface area contributed by atoms with E-state index in [1.807, 2.05) is 6.07 Å². The standard InChI is InChI=1S/C25H25ClN4O5/c1-24(2,3)35-23(33)29-18-14-28-21(26)11-16(18)22(32)30-8-6-25(7-9-30)12-19(31)17-10-15(13-27)4-5-20(17)34-25/h4-5,10-11,14H,6-9,12H2,1-3H3,(H,29,33). The van der Waals surface area contributed by atoms with Gasteiger partial charge in [-0.3, -0.25) is 14.9 Å². The van der Waals surface area contributed by atoms with E-state index in [4.69, 9.17) is 26.3 Å². The Labute approximate surface area is 208 Å². The number of anilines is 1. The molecule has 0 bridgehead atoms. The molecule has 35 heavy (non-hydrogen) atoms. The first-order chi connectivity index (χ1) is 16.5. The quantitative estimate of drug-likeness (QED) is 0.603. The van der Waals surface area contributed by atoms with E-state index in [1.54, 1.807) is 43.9 Å². The topological polar surface area (TPSA) is 122 Å². The second-order valence-electron chi connectivity index (χ2n) is 9.68. The highest BCUT2D eigenvalue weighted by Gasteiger charge is 2.44. The highest BCUT2D eigenvalue weighted by molar-refractivity contribution is 6.30. The van der Waals surface area contributed by atoms with E-state index in [2.05, 4.69) is 10.3 Å². The normalized spacial score (nSPS) is 16.7. The van der Waals surface area contributed by atoms with E-state index < -0.39 is 17.3 Å². The largest absolute Gasteiger partial charge is 0.486 e. The van der Waals surface area contributed by atoms with E-state index in [-0.39, 0.29) is 34.5 Å². The molecule has 2 amide bonds. The Balaban J connectivity index is 1.48. The van der Waals surface area contributed by atoms with Gasteiger partial charge in [0.05, 0.1) is 41.1 Å². The summed E-state index contributed by atoms with van der Waals surface area (Å²) in [5.41, 5.74) is -0.201. The molecule has 1 aromatic carbocycles. The molecule has 182 valence electrons. The lowest BCUT2D eigenvalue weighted by atomic mass is 9.82. The number of nitrogens with one attached hydrogen (secondary N) is 1. The first-order valence-corrected chi connectivity index (χ1v) is 11.6. The Bertz CT molecular complexity index is 1240. The van der Waals surface area contributed by atoms with Crippen molar-refractivity contribution < 1.29 is 23.9 Å². The smallest absolute Gasteiger partial charge is 0.412 e. The van der Waals surface area contributed by atoms with Gasteiger partial charge in [0.2, 0.25) is 0 Å². The summed E-state index contributed by atoms with van der Waals surface area (Å²) in [5, 5.41) is 11.8. The van der Waals surface area contributed by atoms with Crippen molar-refractivity contribution in [1.82, 2.24) is 9.88 Å². The fraction of sp³-hybridized carbons (Fsp3) is 0.400. The molecule has 3 heterocycles. The number of rotatable bonds is 2. The lowest BCUT2D eigenvalue weighted by Crippen LogP contribution is -2.52. The molecule has 4 rings (SSSR count). The summed E-state index contributed by atoms with van der Waals surface area (Å²) < 4.78 is 11.5. The molecule has 0 unspecified atom stereocenters. The van der Waals surface area contributed by atoms with Crippen LogP contribution in [0, 0.1) is 11.3 Å². The van der Waals surface area contributed by atoms with E-state index in [0.29, 0.717) is 42.8 Å². The van der Waals surface area contributed by atoms with E-state index in [0.717, 1.165) is 0 Å². The molecule has 1 spiro atoms. The monoisotopic (exact) mass is 496 g/mol. The van der Waals surface area contributed by atoms with Gasteiger partial charge in [0.25, 0.3) is 5.91 Å². The zero-order chi connectivity index (χ0) is 25.4. The molecular formula is C25H25ClN4O5. The molecule has 2 aromatic rings. The number of halogens is 1. The number of piperidine rings is 1. The predicted molar refractivity (Wildman–Crippen MR) is 128 cm³/mol. The van der Waals surface area contributed by atoms with E-state index in [1.165, 1.54) is 12.3 Å². The summed E-state index contributed by atoms with van der Waals surface area (Å²) in [6.45, 7) is 5.91. The predicted octanol–water partition coefficient (Wildman–Crippen LogP) is 4.59. The van der Waals surface area contributed by atoms with Gasteiger partial charge in [0.1, 0.15) is 22.1 Å². The number of carbonyl (C=O) groups excluding carboxylic acids is 3. The molecule has 0 atom stereocenters. The maximum absolute atomic E-state index is 13.4. The number of Topliss-reactive ketones (excluding diaryl/α,β-unsaturated/α-hetero) is 1. The molecule has 0 saturated carbocycles. The Kier molecular flexibility index (Phi) is 6.43. The van der Waals surface area contributed by atoms with Gasteiger partial charge in [0, 0.05) is 25.9 Å². The third-order valence-electron chi connectivity index (χ3n) is 5.92. The minimum atomic E-state index is -0.708. The lowest BCUT2D eigenvalue weighted by Gasteiger charge is -2.44. The maximum Gasteiger partial charge on any atom is 0.412 e. The van der Waals surface area contributed by atoms with Gasteiger partial charge in [-0.25, -0.2) is 9.78 Å².